The summed E-state index contributed by atoms with van der Waals surface area (Å²) in [6.07, 6.45) is 3.81. The van der Waals surface area contributed by atoms with E-state index in [0.717, 1.165) is 46.2 Å². The van der Waals surface area contributed by atoms with E-state index in [1.807, 2.05) is 40.7 Å². The number of thiophene rings is 1. The molecule has 1 unspecified atom stereocenters. The number of fused-ring (bicyclic) bond motifs is 3. The van der Waals surface area contributed by atoms with E-state index in [2.05, 4.69) is 78.4 Å². The molecule has 1 saturated carbocycles. The lowest BCUT2D eigenvalue weighted by Crippen LogP contribution is -2.74. The van der Waals surface area contributed by atoms with Gasteiger partial charge in [0.1, 0.15) is 34.8 Å². The highest BCUT2D eigenvalue weighted by atomic mass is 35.5. The summed E-state index contributed by atoms with van der Waals surface area (Å²) in [5.74, 6) is 2.06. The van der Waals surface area contributed by atoms with Crippen LogP contribution >= 0.6 is 34.5 Å². The summed E-state index contributed by atoms with van der Waals surface area (Å²) in [6.45, 7) is 18.0. The maximum Gasteiger partial charge on any atom is 0.254 e. The van der Waals surface area contributed by atoms with Crippen molar-refractivity contribution in [2.24, 2.45) is 15.8 Å². The van der Waals surface area contributed by atoms with Crippen LogP contribution in [0.3, 0.4) is 0 Å². The third-order valence-electron chi connectivity index (χ3n) is 13.0. The van der Waals surface area contributed by atoms with Crippen molar-refractivity contribution in [3.8, 4) is 16.8 Å². The number of nitrogens with one attached hydrogen (secondary N) is 2. The number of nitriles is 1. The maximum absolute atomic E-state index is 13.4. The van der Waals surface area contributed by atoms with Crippen molar-refractivity contribution in [2.45, 2.75) is 85.6 Å². The van der Waals surface area contributed by atoms with E-state index in [1.165, 1.54) is 4.88 Å². The molecule has 16 nitrogen and oxygen atoms in total. The van der Waals surface area contributed by atoms with Crippen LogP contribution in [0.15, 0.2) is 59.9 Å². The molecule has 0 radical (unpaired) electrons. The molecule has 2 N–H and O–H groups in total. The number of benzene rings is 2. The zero-order valence-corrected chi connectivity index (χ0v) is 41.6. The summed E-state index contributed by atoms with van der Waals surface area (Å²) in [5.41, 5.74) is 3.82. The number of hydrogen-bond donors (Lipinski definition) is 2. The summed E-state index contributed by atoms with van der Waals surface area (Å²) in [4.78, 5) is 44.1. The Morgan fingerprint density at radius 2 is 1.65 bits per heavy atom. The molecule has 2 aliphatic heterocycles. The molecule has 8 rings (SSSR count). The van der Waals surface area contributed by atoms with Gasteiger partial charge < -0.3 is 34.5 Å². The second-order valence-electron chi connectivity index (χ2n) is 18.5. The second kappa shape index (κ2) is 20.6. The molecule has 1 aliphatic carbocycles. The highest BCUT2D eigenvalue weighted by molar-refractivity contribution is 7.15. The minimum absolute atomic E-state index is 0.00200. The van der Waals surface area contributed by atoms with Crippen LogP contribution in [0, 0.1) is 42.9 Å². The average Bonchev–Trinajstić information content (AvgIpc) is 4.01. The third kappa shape index (κ3) is 10.3. The van der Waals surface area contributed by atoms with Crippen molar-refractivity contribution in [1.82, 2.24) is 35.4 Å². The Hall–Kier alpha value is -5.48. The van der Waals surface area contributed by atoms with Gasteiger partial charge in [0.05, 0.1) is 67.4 Å². The Bertz CT molecular complexity index is 2700. The molecule has 0 spiro atoms. The van der Waals surface area contributed by atoms with Gasteiger partial charge >= 0.3 is 0 Å². The van der Waals surface area contributed by atoms with Crippen LogP contribution in [0.25, 0.3) is 5.00 Å². The van der Waals surface area contributed by atoms with Crippen molar-refractivity contribution in [3.05, 3.63) is 109 Å². The van der Waals surface area contributed by atoms with Crippen LogP contribution in [0.2, 0.25) is 10.0 Å². The largest absolute Gasteiger partial charge is 0.489 e. The Morgan fingerprint density at radius 3 is 2.35 bits per heavy atom. The zero-order chi connectivity index (χ0) is 48.3. The first-order valence-electron chi connectivity index (χ1n) is 22.7. The number of carbonyl (C=O) groups is 2. The molecule has 5 aromatic rings. The van der Waals surface area contributed by atoms with Crippen molar-refractivity contribution in [3.63, 3.8) is 0 Å². The van der Waals surface area contributed by atoms with Gasteiger partial charge in [0.15, 0.2) is 5.82 Å². The lowest BCUT2D eigenvalue weighted by Gasteiger charge is -2.63. The van der Waals surface area contributed by atoms with Gasteiger partial charge in [0.2, 0.25) is 11.9 Å². The number of nitrogens with zero attached hydrogens (tertiary/aromatic N) is 8. The molecule has 19 heteroatoms. The molecule has 2 atom stereocenters. The Kier molecular flexibility index (Phi) is 14.9. The lowest BCUT2D eigenvalue weighted by atomic mass is 9.49. The Labute approximate surface area is 410 Å². The van der Waals surface area contributed by atoms with Gasteiger partial charge in [0, 0.05) is 76.0 Å². The van der Waals surface area contributed by atoms with Crippen LogP contribution in [-0.4, -0.2) is 113 Å². The number of halogens is 2. The number of hydrogen-bond acceptors (Lipinski definition) is 14. The first kappa shape index (κ1) is 49.0. The normalized spacial score (nSPS) is 20.1. The number of aliphatic imine (C=N–C) groups is 1. The molecule has 3 aliphatic rings. The van der Waals surface area contributed by atoms with Crippen molar-refractivity contribution in [2.75, 3.05) is 57.6 Å². The number of rotatable bonds is 18. The van der Waals surface area contributed by atoms with E-state index >= 15 is 0 Å². The maximum atomic E-state index is 13.4. The van der Waals surface area contributed by atoms with Gasteiger partial charge in [-0.05, 0) is 57.0 Å². The number of anilines is 1. The van der Waals surface area contributed by atoms with E-state index in [1.54, 1.807) is 41.9 Å². The summed E-state index contributed by atoms with van der Waals surface area (Å²) < 4.78 is 25.9. The van der Waals surface area contributed by atoms with E-state index in [-0.39, 0.29) is 36.5 Å². The summed E-state index contributed by atoms with van der Waals surface area (Å²) in [6, 6.07) is 14.0. The number of aromatic nitrogens is 5. The SMILES string of the molecule is Cc1sc2c(c1C)C(c1ccc(Cl)cc1)=N[C@@H](CC(=O)NCCOCCOCCOC1CCN(c3ncc(C(=O)NC4C(C)(C)C(Oc5ccc(C#N)c(Cl)c5)C4(C)C)cn3)C1)c1nnc(C)n1-2. The molecule has 1 saturated heterocycles. The number of ether oxygens (including phenoxy) is 4. The zero-order valence-electron chi connectivity index (χ0n) is 39.3. The first-order chi connectivity index (χ1) is 32.6. The molecular formula is C49H56Cl2N10O6S. The van der Waals surface area contributed by atoms with E-state index in [9.17, 15) is 14.9 Å². The molecule has 2 amide bonds. The average molecular weight is 984 g/mol. The van der Waals surface area contributed by atoms with Gasteiger partial charge in [-0.1, -0.05) is 63.0 Å². The topological polar surface area (TPSA) is 191 Å². The highest BCUT2D eigenvalue weighted by Crippen LogP contribution is 2.55. The Morgan fingerprint density at radius 1 is 0.941 bits per heavy atom. The molecule has 2 aromatic carbocycles. The van der Waals surface area contributed by atoms with Crippen molar-refractivity contribution >= 4 is 58.0 Å². The first-order valence-corrected chi connectivity index (χ1v) is 24.3. The number of aryl methyl sites for hydroxylation is 2. The predicted octanol–water partition coefficient (Wildman–Crippen LogP) is 7.56. The van der Waals surface area contributed by atoms with Gasteiger partial charge in [-0.2, -0.15) is 5.26 Å². The van der Waals surface area contributed by atoms with Gasteiger partial charge in [0.25, 0.3) is 5.91 Å². The third-order valence-corrected chi connectivity index (χ3v) is 14.8. The van der Waals surface area contributed by atoms with E-state index in [4.69, 9.17) is 47.1 Å². The molecular weight excluding hydrogens is 928 g/mol. The van der Waals surface area contributed by atoms with Crippen LogP contribution in [0.1, 0.15) is 95.7 Å². The van der Waals surface area contributed by atoms with Crippen LogP contribution < -0.4 is 20.3 Å². The van der Waals surface area contributed by atoms with Gasteiger partial charge in [-0.15, -0.1) is 21.5 Å². The second-order valence-corrected chi connectivity index (χ2v) is 20.5. The standard InChI is InChI=1S/C49H56Cl2N10O6S/c1-28-29(2)68-44-40(28)41(31-8-11-34(50)12-9-31)56-38(42-59-58-30(3)61(42)44)23-39(62)53-15-17-64-18-19-65-20-21-66-36-14-16-60(27-36)47-54-25-33(26-55-47)43(63)57-45-48(4,5)46(49(45,6)7)67-35-13-10-32(24-52)37(51)22-35/h8-13,22,25-26,36,38,45-46H,14-21,23,27H2,1-7H3,(H,53,62)(H,57,63)/t36?,38-,45?,46?/m0/s1. The number of carbonyl (C=O) groups excluding carboxylic acids is 2. The monoisotopic (exact) mass is 982 g/mol. The minimum atomic E-state index is -0.551. The Balaban J connectivity index is 0.716. The van der Waals surface area contributed by atoms with Gasteiger partial charge in [-0.3, -0.25) is 19.1 Å². The molecule has 358 valence electrons. The fraction of sp³-hybridized carbons (Fsp3) is 0.469. The lowest BCUT2D eigenvalue weighted by molar-refractivity contribution is -0.164. The van der Waals surface area contributed by atoms with E-state index < -0.39 is 16.9 Å². The number of amides is 2. The molecule has 68 heavy (non-hydrogen) atoms. The fourth-order valence-corrected chi connectivity index (χ4v) is 11.2. The molecule has 0 bridgehead atoms. The smallest absolute Gasteiger partial charge is 0.254 e. The summed E-state index contributed by atoms with van der Waals surface area (Å²) in [5, 5.41) is 26.2. The minimum Gasteiger partial charge on any atom is -0.489 e. The van der Waals surface area contributed by atoms with Crippen LogP contribution in [0.4, 0.5) is 5.95 Å². The van der Waals surface area contributed by atoms with E-state index in [0.29, 0.717) is 84.8 Å². The molecule has 5 heterocycles. The highest BCUT2D eigenvalue weighted by Gasteiger charge is 2.64. The molecule has 3 aromatic heterocycles. The summed E-state index contributed by atoms with van der Waals surface area (Å²) >= 11 is 14.2. The quantitative estimate of drug-likeness (QED) is 0.0821. The van der Waals surface area contributed by atoms with Crippen molar-refractivity contribution < 1.29 is 28.5 Å². The van der Waals surface area contributed by atoms with Crippen LogP contribution in [-0.2, 0) is 19.0 Å². The fourth-order valence-electron chi connectivity index (χ4n) is 9.70. The summed E-state index contributed by atoms with van der Waals surface area (Å²) in [7, 11) is 0. The van der Waals surface area contributed by atoms with Crippen molar-refractivity contribution in [1.29, 1.82) is 5.26 Å². The molecule has 2 fully saturated rings. The predicted molar refractivity (Wildman–Crippen MR) is 261 cm³/mol. The van der Waals surface area contributed by atoms with Crippen LogP contribution in [0.5, 0.6) is 5.75 Å². The van der Waals surface area contributed by atoms with Gasteiger partial charge in [-0.25, -0.2) is 9.97 Å².